The Labute approximate surface area is 167 Å². The minimum Gasteiger partial charge on any atom is -0.254 e. The molecule has 0 atom stereocenters. The zero-order valence-electron chi connectivity index (χ0n) is 17.5. The minimum atomic E-state index is 0.873. The number of nitrogens with zero attached hydrogens (tertiary/aromatic N) is 3. The number of benzene rings is 2. The Kier molecular flexibility index (Phi) is 5.84. The van der Waals surface area contributed by atoms with Crippen LogP contribution in [0.1, 0.15) is 47.4 Å². The van der Waals surface area contributed by atoms with Crippen molar-refractivity contribution in [2.24, 2.45) is 9.98 Å². The van der Waals surface area contributed by atoms with Gasteiger partial charge in [0.1, 0.15) is 0 Å². The largest absolute Gasteiger partial charge is 0.254 e. The number of hydrogen-bond donors (Lipinski definition) is 0. The van der Waals surface area contributed by atoms with Gasteiger partial charge in [0.25, 0.3) is 0 Å². The number of aromatic nitrogens is 1. The first kappa shape index (κ1) is 19.7. The summed E-state index contributed by atoms with van der Waals surface area (Å²) in [5, 5.41) is 0. The second-order valence-electron chi connectivity index (χ2n) is 7.27. The second kappa shape index (κ2) is 8.30. The third-order valence-corrected chi connectivity index (χ3v) is 4.98. The predicted molar refractivity (Wildman–Crippen MR) is 120 cm³/mol. The molecule has 0 saturated heterocycles. The van der Waals surface area contributed by atoms with Crippen LogP contribution in [0.2, 0.25) is 0 Å². The van der Waals surface area contributed by atoms with E-state index in [9.17, 15) is 0 Å². The van der Waals surface area contributed by atoms with Crippen LogP contribution in [0.5, 0.6) is 0 Å². The summed E-state index contributed by atoms with van der Waals surface area (Å²) in [5.41, 5.74) is 10.4. The van der Waals surface area contributed by atoms with E-state index in [4.69, 9.17) is 9.98 Å². The first-order chi connectivity index (χ1) is 13.4. The summed E-state index contributed by atoms with van der Waals surface area (Å²) in [6, 6.07) is 16.5. The third kappa shape index (κ3) is 4.09. The Bertz CT molecular complexity index is 948. The molecular weight excluding hydrogens is 342 g/mol. The van der Waals surface area contributed by atoms with Crippen LogP contribution in [0, 0.1) is 27.7 Å². The molecule has 1 heterocycles. The number of aryl methyl sites for hydroxylation is 4. The monoisotopic (exact) mass is 369 g/mol. The summed E-state index contributed by atoms with van der Waals surface area (Å²) in [7, 11) is 0. The molecule has 0 aliphatic carbocycles. The summed E-state index contributed by atoms with van der Waals surface area (Å²) >= 11 is 0. The van der Waals surface area contributed by atoms with Crippen LogP contribution in [-0.2, 0) is 0 Å². The molecule has 28 heavy (non-hydrogen) atoms. The molecule has 0 saturated carbocycles. The van der Waals surface area contributed by atoms with Gasteiger partial charge >= 0.3 is 0 Å². The van der Waals surface area contributed by atoms with E-state index >= 15 is 0 Å². The molecule has 2 aromatic carbocycles. The minimum absolute atomic E-state index is 0.873. The normalized spacial score (nSPS) is 12.4. The SMILES string of the molecule is CC(=Nc1c(C)cccc1C)c1cccnc1C(C)=Nc1c(C)cccc1C. The molecule has 0 fully saturated rings. The van der Waals surface area contributed by atoms with Gasteiger partial charge in [-0.05, 0) is 75.9 Å². The van der Waals surface area contributed by atoms with Gasteiger partial charge in [0.2, 0.25) is 0 Å². The molecule has 142 valence electrons. The lowest BCUT2D eigenvalue weighted by Crippen LogP contribution is -2.08. The molecule has 1 aromatic heterocycles. The summed E-state index contributed by atoms with van der Waals surface area (Å²) in [6.07, 6.45) is 1.81. The van der Waals surface area contributed by atoms with Crippen molar-refractivity contribution < 1.29 is 0 Å². The van der Waals surface area contributed by atoms with Crippen LogP contribution in [0.4, 0.5) is 11.4 Å². The Morgan fingerprint density at radius 1 is 0.643 bits per heavy atom. The zero-order valence-corrected chi connectivity index (χ0v) is 17.5. The summed E-state index contributed by atoms with van der Waals surface area (Å²) < 4.78 is 0. The van der Waals surface area contributed by atoms with E-state index < -0.39 is 0 Å². The molecule has 3 aromatic rings. The maximum Gasteiger partial charge on any atom is 0.0932 e. The molecule has 0 spiro atoms. The Morgan fingerprint density at radius 3 is 1.61 bits per heavy atom. The van der Waals surface area contributed by atoms with E-state index in [1.807, 2.05) is 26.1 Å². The summed E-state index contributed by atoms with van der Waals surface area (Å²) in [5.74, 6) is 0. The highest BCUT2D eigenvalue weighted by molar-refractivity contribution is 6.11. The highest BCUT2D eigenvalue weighted by Gasteiger charge is 2.12. The number of rotatable bonds is 4. The maximum atomic E-state index is 4.94. The highest BCUT2D eigenvalue weighted by Crippen LogP contribution is 2.26. The number of aliphatic imine (C=N–C) groups is 2. The molecule has 0 radical (unpaired) electrons. The van der Waals surface area contributed by atoms with Gasteiger partial charge in [-0.3, -0.25) is 15.0 Å². The third-order valence-electron chi connectivity index (χ3n) is 4.98. The van der Waals surface area contributed by atoms with Crippen molar-refractivity contribution >= 4 is 22.8 Å². The zero-order chi connectivity index (χ0) is 20.3. The molecular formula is C25H27N3. The maximum absolute atomic E-state index is 4.94. The van der Waals surface area contributed by atoms with Crippen molar-refractivity contribution in [3.63, 3.8) is 0 Å². The number of pyridine rings is 1. The average Bonchev–Trinajstić information content (AvgIpc) is 2.67. The van der Waals surface area contributed by atoms with Gasteiger partial charge in [0, 0.05) is 17.5 Å². The Morgan fingerprint density at radius 2 is 1.11 bits per heavy atom. The van der Waals surface area contributed by atoms with Crippen molar-refractivity contribution in [3.8, 4) is 0 Å². The molecule has 0 amide bonds. The molecule has 3 rings (SSSR count). The average molecular weight is 370 g/mol. The lowest BCUT2D eigenvalue weighted by atomic mass is 10.0. The van der Waals surface area contributed by atoms with Crippen molar-refractivity contribution in [1.82, 2.24) is 4.98 Å². The van der Waals surface area contributed by atoms with Gasteiger partial charge in [-0.25, -0.2) is 0 Å². The van der Waals surface area contributed by atoms with Crippen LogP contribution >= 0.6 is 0 Å². The molecule has 0 aliphatic rings. The molecule has 3 heteroatoms. The topological polar surface area (TPSA) is 37.6 Å². The van der Waals surface area contributed by atoms with Crippen LogP contribution < -0.4 is 0 Å². The number of para-hydroxylation sites is 2. The molecule has 0 N–H and O–H groups in total. The van der Waals surface area contributed by atoms with Crippen LogP contribution in [0.25, 0.3) is 0 Å². The first-order valence-corrected chi connectivity index (χ1v) is 9.57. The summed E-state index contributed by atoms with van der Waals surface area (Å²) in [6.45, 7) is 12.4. The Balaban J connectivity index is 2.09. The predicted octanol–water partition coefficient (Wildman–Crippen LogP) is 6.60. The molecule has 3 nitrogen and oxygen atoms in total. The fourth-order valence-electron chi connectivity index (χ4n) is 3.40. The van der Waals surface area contributed by atoms with Gasteiger partial charge in [-0.1, -0.05) is 36.4 Å². The van der Waals surface area contributed by atoms with Gasteiger partial charge in [-0.2, -0.15) is 0 Å². The van der Waals surface area contributed by atoms with E-state index in [-0.39, 0.29) is 0 Å². The summed E-state index contributed by atoms with van der Waals surface area (Å²) in [4.78, 5) is 14.5. The highest BCUT2D eigenvalue weighted by atomic mass is 14.8. The smallest absolute Gasteiger partial charge is 0.0932 e. The second-order valence-corrected chi connectivity index (χ2v) is 7.27. The number of hydrogen-bond acceptors (Lipinski definition) is 3. The van der Waals surface area contributed by atoms with Crippen molar-refractivity contribution in [3.05, 3.63) is 88.2 Å². The van der Waals surface area contributed by atoms with Gasteiger partial charge in [-0.15, -0.1) is 0 Å². The molecule has 0 bridgehead atoms. The Hall–Kier alpha value is -3.07. The van der Waals surface area contributed by atoms with Gasteiger partial charge in [0.05, 0.1) is 22.8 Å². The van der Waals surface area contributed by atoms with E-state index in [0.29, 0.717) is 0 Å². The van der Waals surface area contributed by atoms with Gasteiger partial charge < -0.3 is 0 Å². The van der Waals surface area contributed by atoms with E-state index in [0.717, 1.165) is 45.2 Å². The lowest BCUT2D eigenvalue weighted by molar-refractivity contribution is 1.24. The van der Waals surface area contributed by atoms with E-state index in [2.05, 4.69) is 75.1 Å². The fourth-order valence-corrected chi connectivity index (χ4v) is 3.40. The first-order valence-electron chi connectivity index (χ1n) is 9.57. The molecule has 0 aliphatic heterocycles. The lowest BCUT2D eigenvalue weighted by Gasteiger charge is -2.11. The fraction of sp³-hybridized carbons (Fsp3) is 0.240. The quantitative estimate of drug-likeness (QED) is 0.478. The van der Waals surface area contributed by atoms with Gasteiger partial charge in [0.15, 0.2) is 0 Å². The van der Waals surface area contributed by atoms with Crippen molar-refractivity contribution in [2.75, 3.05) is 0 Å². The van der Waals surface area contributed by atoms with E-state index in [1.54, 1.807) is 0 Å². The van der Waals surface area contributed by atoms with Crippen molar-refractivity contribution in [2.45, 2.75) is 41.5 Å². The molecule has 0 unspecified atom stereocenters. The van der Waals surface area contributed by atoms with Crippen LogP contribution in [0.15, 0.2) is 64.7 Å². The van der Waals surface area contributed by atoms with Crippen LogP contribution in [0.3, 0.4) is 0 Å². The van der Waals surface area contributed by atoms with E-state index in [1.165, 1.54) is 11.1 Å². The van der Waals surface area contributed by atoms with Crippen molar-refractivity contribution in [1.29, 1.82) is 0 Å². The standard InChI is InChI=1S/C25H27N3/c1-16-10-7-11-17(2)23(16)27-20(5)22-14-9-15-26-25(22)21(6)28-24-18(3)12-8-13-19(24)4/h7-15H,1-6H3. The van der Waals surface area contributed by atoms with Crippen LogP contribution in [-0.4, -0.2) is 16.4 Å².